The number of rotatable bonds is 5. The van der Waals surface area contributed by atoms with E-state index >= 15 is 0 Å². The lowest BCUT2D eigenvalue weighted by Crippen LogP contribution is -2.31. The van der Waals surface area contributed by atoms with Crippen molar-refractivity contribution >= 4 is 10.8 Å². The van der Waals surface area contributed by atoms with Crippen LogP contribution in [0.2, 0.25) is 0 Å². The van der Waals surface area contributed by atoms with Gasteiger partial charge in [0, 0.05) is 16.7 Å². The van der Waals surface area contributed by atoms with E-state index in [1.165, 1.54) is 5.56 Å². The van der Waals surface area contributed by atoms with Crippen LogP contribution < -0.4 is 5.32 Å². The number of hydrogen-bond donors (Lipinski definition) is 1. The lowest BCUT2D eigenvalue weighted by molar-refractivity contribution is 0.607. The molecular formula is C13H21NOS. The predicted molar refractivity (Wildman–Crippen MR) is 70.3 cm³/mol. The first-order valence-corrected chi connectivity index (χ1v) is 7.05. The predicted octanol–water partition coefficient (Wildman–Crippen LogP) is 2.41. The van der Waals surface area contributed by atoms with Crippen LogP contribution in [0.15, 0.2) is 23.1 Å². The molecule has 0 aliphatic carbocycles. The lowest BCUT2D eigenvalue weighted by Gasteiger charge is -2.13. The Morgan fingerprint density at radius 1 is 1.38 bits per heavy atom. The highest BCUT2D eigenvalue weighted by molar-refractivity contribution is 7.85. The molecule has 0 bridgehead atoms. The highest BCUT2D eigenvalue weighted by atomic mass is 32.2. The molecule has 2 atom stereocenters. The molecule has 0 heterocycles. The van der Waals surface area contributed by atoms with Crippen LogP contribution in [0.4, 0.5) is 0 Å². The van der Waals surface area contributed by atoms with Crippen LogP contribution in [0, 0.1) is 13.8 Å². The smallest absolute Gasteiger partial charge is 0.0547 e. The highest BCUT2D eigenvalue weighted by Gasteiger charge is 2.11. The molecule has 0 saturated carbocycles. The maximum Gasteiger partial charge on any atom is 0.0547 e. The molecule has 0 spiro atoms. The molecule has 0 amide bonds. The molecule has 0 saturated heterocycles. The summed E-state index contributed by atoms with van der Waals surface area (Å²) in [6.07, 6.45) is 0. The Kier molecular flexibility index (Phi) is 5.16. The lowest BCUT2D eigenvalue weighted by atomic mass is 10.2. The van der Waals surface area contributed by atoms with Gasteiger partial charge in [0.25, 0.3) is 0 Å². The normalized spacial score (nSPS) is 14.8. The van der Waals surface area contributed by atoms with Gasteiger partial charge in [-0.1, -0.05) is 19.1 Å². The second kappa shape index (κ2) is 6.16. The van der Waals surface area contributed by atoms with Crippen molar-refractivity contribution in [3.63, 3.8) is 0 Å². The van der Waals surface area contributed by atoms with E-state index in [9.17, 15) is 4.21 Å². The molecule has 0 aliphatic rings. The summed E-state index contributed by atoms with van der Waals surface area (Å²) in [5, 5.41) is 3.29. The maximum absolute atomic E-state index is 12.2. The van der Waals surface area contributed by atoms with Crippen molar-refractivity contribution < 1.29 is 4.21 Å². The molecule has 16 heavy (non-hydrogen) atoms. The Labute approximate surface area is 101 Å². The maximum atomic E-state index is 12.2. The van der Waals surface area contributed by atoms with Gasteiger partial charge in [-0.3, -0.25) is 4.21 Å². The standard InChI is InChI=1S/C13H21NOS/c1-5-14-12(4)9-16(15)13-8-10(2)6-7-11(13)3/h6-8,12,14H,5,9H2,1-4H3. The van der Waals surface area contributed by atoms with Crippen molar-refractivity contribution in [3.8, 4) is 0 Å². The molecule has 0 aliphatic heterocycles. The van der Waals surface area contributed by atoms with Gasteiger partial charge >= 0.3 is 0 Å². The Hall–Kier alpha value is -0.670. The zero-order valence-electron chi connectivity index (χ0n) is 10.5. The first-order chi connectivity index (χ1) is 7.54. The SMILES string of the molecule is CCNC(C)CS(=O)c1cc(C)ccc1C. The fourth-order valence-electron chi connectivity index (χ4n) is 1.68. The van der Waals surface area contributed by atoms with Gasteiger partial charge in [0.15, 0.2) is 0 Å². The minimum atomic E-state index is -0.899. The second-order valence-corrected chi connectivity index (χ2v) is 5.70. The zero-order valence-corrected chi connectivity index (χ0v) is 11.4. The molecule has 1 aromatic rings. The fraction of sp³-hybridized carbons (Fsp3) is 0.538. The van der Waals surface area contributed by atoms with E-state index in [0.29, 0.717) is 11.8 Å². The van der Waals surface area contributed by atoms with Crippen molar-refractivity contribution in [3.05, 3.63) is 29.3 Å². The summed E-state index contributed by atoms with van der Waals surface area (Å²) in [6.45, 7) is 9.12. The molecule has 1 rings (SSSR count). The van der Waals surface area contributed by atoms with Gasteiger partial charge in [-0.25, -0.2) is 0 Å². The van der Waals surface area contributed by atoms with Crippen molar-refractivity contribution in [1.29, 1.82) is 0 Å². The van der Waals surface area contributed by atoms with Crippen LogP contribution in [0.25, 0.3) is 0 Å². The van der Waals surface area contributed by atoms with E-state index in [1.807, 2.05) is 26.0 Å². The van der Waals surface area contributed by atoms with E-state index in [4.69, 9.17) is 0 Å². The summed E-state index contributed by atoms with van der Waals surface area (Å²) in [5.41, 5.74) is 2.29. The second-order valence-electron chi connectivity index (χ2n) is 4.24. The first-order valence-electron chi connectivity index (χ1n) is 5.73. The van der Waals surface area contributed by atoms with Crippen molar-refractivity contribution in [2.45, 2.75) is 38.6 Å². The van der Waals surface area contributed by atoms with E-state index in [-0.39, 0.29) is 0 Å². The van der Waals surface area contributed by atoms with E-state index in [1.54, 1.807) is 0 Å². The third-order valence-electron chi connectivity index (χ3n) is 2.54. The van der Waals surface area contributed by atoms with Gasteiger partial charge < -0.3 is 5.32 Å². The van der Waals surface area contributed by atoms with Crippen LogP contribution in [0.3, 0.4) is 0 Å². The van der Waals surface area contributed by atoms with Gasteiger partial charge in [-0.05, 0) is 44.5 Å². The topological polar surface area (TPSA) is 29.1 Å². The number of hydrogen-bond acceptors (Lipinski definition) is 2. The molecule has 1 aromatic carbocycles. The molecule has 1 N–H and O–H groups in total. The third-order valence-corrected chi connectivity index (χ3v) is 4.28. The summed E-state index contributed by atoms with van der Waals surface area (Å²) in [4.78, 5) is 0.977. The van der Waals surface area contributed by atoms with Crippen LogP contribution in [0.5, 0.6) is 0 Å². The van der Waals surface area contributed by atoms with Gasteiger partial charge in [0.2, 0.25) is 0 Å². The fourth-order valence-corrected chi connectivity index (χ4v) is 3.17. The minimum absolute atomic E-state index is 0.297. The van der Waals surface area contributed by atoms with Crippen molar-refractivity contribution in [2.75, 3.05) is 12.3 Å². The molecule has 0 radical (unpaired) electrons. The molecule has 2 nitrogen and oxygen atoms in total. The van der Waals surface area contributed by atoms with Crippen LogP contribution in [0.1, 0.15) is 25.0 Å². The Morgan fingerprint density at radius 2 is 2.06 bits per heavy atom. The Balaban J connectivity index is 2.76. The van der Waals surface area contributed by atoms with E-state index < -0.39 is 10.8 Å². The van der Waals surface area contributed by atoms with Gasteiger partial charge in [-0.2, -0.15) is 0 Å². The summed E-state index contributed by atoms with van der Waals surface area (Å²) in [6, 6.07) is 6.43. The average molecular weight is 239 g/mol. The summed E-state index contributed by atoms with van der Waals surface area (Å²) in [7, 11) is -0.899. The van der Waals surface area contributed by atoms with Gasteiger partial charge in [0.1, 0.15) is 0 Å². The molecule has 3 heteroatoms. The molecule has 90 valence electrons. The summed E-state index contributed by atoms with van der Waals surface area (Å²) >= 11 is 0. The number of nitrogens with one attached hydrogen (secondary N) is 1. The first kappa shape index (κ1) is 13.4. The molecular weight excluding hydrogens is 218 g/mol. The van der Waals surface area contributed by atoms with Crippen molar-refractivity contribution in [1.82, 2.24) is 5.32 Å². The number of benzene rings is 1. The monoisotopic (exact) mass is 239 g/mol. The zero-order chi connectivity index (χ0) is 12.1. The van der Waals surface area contributed by atoms with E-state index in [0.717, 1.165) is 17.0 Å². The number of aryl methyl sites for hydroxylation is 2. The van der Waals surface area contributed by atoms with E-state index in [2.05, 4.69) is 25.2 Å². The summed E-state index contributed by atoms with van der Waals surface area (Å²) < 4.78 is 12.2. The Morgan fingerprint density at radius 3 is 2.69 bits per heavy atom. The minimum Gasteiger partial charge on any atom is -0.314 e. The molecule has 2 unspecified atom stereocenters. The van der Waals surface area contributed by atoms with Crippen LogP contribution in [-0.2, 0) is 10.8 Å². The molecule has 0 aromatic heterocycles. The average Bonchev–Trinajstić information content (AvgIpc) is 2.21. The largest absolute Gasteiger partial charge is 0.314 e. The summed E-state index contributed by atoms with van der Waals surface area (Å²) in [5.74, 6) is 0.679. The Bertz CT molecular complexity index is 376. The highest BCUT2D eigenvalue weighted by Crippen LogP contribution is 2.15. The molecule has 0 fully saturated rings. The van der Waals surface area contributed by atoms with Gasteiger partial charge in [0.05, 0.1) is 10.8 Å². The van der Waals surface area contributed by atoms with Gasteiger partial charge in [-0.15, -0.1) is 0 Å². The quantitative estimate of drug-likeness (QED) is 0.855. The van der Waals surface area contributed by atoms with Crippen molar-refractivity contribution in [2.24, 2.45) is 0 Å². The third kappa shape index (κ3) is 3.72. The van der Waals surface area contributed by atoms with Crippen LogP contribution >= 0.6 is 0 Å². The van der Waals surface area contributed by atoms with Crippen LogP contribution in [-0.4, -0.2) is 22.5 Å².